The van der Waals surface area contributed by atoms with Crippen LogP contribution >= 0.6 is 0 Å². The summed E-state index contributed by atoms with van der Waals surface area (Å²) < 4.78 is 10.1. The van der Waals surface area contributed by atoms with Gasteiger partial charge in [-0.25, -0.2) is 4.79 Å². The number of rotatable bonds is 14. The number of hydrogen-bond acceptors (Lipinski definition) is 8. The summed E-state index contributed by atoms with van der Waals surface area (Å²) in [5.74, 6) is -1.95. The molecule has 0 aliphatic rings. The maximum atomic E-state index is 14.4. The van der Waals surface area contributed by atoms with Crippen LogP contribution in [0.1, 0.15) is 70.5 Å². The number of nitrogens with zero attached hydrogens (tertiary/aromatic N) is 1. The molecule has 0 aliphatic carbocycles. The van der Waals surface area contributed by atoms with E-state index in [0.29, 0.717) is 17.5 Å². The molecule has 0 aromatic heterocycles. The molecule has 0 saturated carbocycles. The highest BCUT2D eigenvalue weighted by Gasteiger charge is 2.36. The van der Waals surface area contributed by atoms with Crippen LogP contribution in [0.5, 0.6) is 11.5 Å². The summed E-state index contributed by atoms with van der Waals surface area (Å²) in [5, 5.41) is 25.1. The first kappa shape index (κ1) is 33.9. The molecule has 0 spiro atoms. The summed E-state index contributed by atoms with van der Waals surface area (Å²) in [6, 6.07) is 9.81. The lowest BCUT2D eigenvalue weighted by molar-refractivity contribution is -0.144. The minimum absolute atomic E-state index is 0.0420. The second-order valence-corrected chi connectivity index (χ2v) is 11.0. The van der Waals surface area contributed by atoms with Gasteiger partial charge in [0.25, 0.3) is 0 Å². The van der Waals surface area contributed by atoms with E-state index in [0.717, 1.165) is 19.3 Å². The van der Waals surface area contributed by atoms with Crippen LogP contribution in [0.25, 0.3) is 0 Å². The van der Waals surface area contributed by atoms with E-state index in [4.69, 9.17) is 4.74 Å². The molecule has 2 aromatic rings. The minimum atomic E-state index is -1.24. The molecule has 4 N–H and O–H groups in total. The number of ether oxygens (including phenoxy) is 2. The van der Waals surface area contributed by atoms with E-state index < -0.39 is 48.1 Å². The average molecular weight is 586 g/mol. The molecule has 0 saturated heterocycles. The van der Waals surface area contributed by atoms with Crippen LogP contribution in [-0.2, 0) is 30.3 Å². The third kappa shape index (κ3) is 11.3. The Morgan fingerprint density at radius 2 is 1.64 bits per heavy atom. The molecule has 11 nitrogen and oxygen atoms in total. The van der Waals surface area contributed by atoms with Crippen molar-refractivity contribution < 1.29 is 38.9 Å². The molecule has 0 fully saturated rings. The van der Waals surface area contributed by atoms with E-state index in [9.17, 15) is 29.4 Å². The number of carbonyl (C=O) groups is 4. The lowest BCUT2D eigenvalue weighted by Crippen LogP contribution is -2.54. The molecule has 2 unspecified atom stereocenters. The standard InChI is InChI=1S/C31H43N3O8/c1-6-7-8-9-17-34(27(22-11-10-12-24(36)19-22)28(38)32-20-26(37)41-5)29(39)25(33-30(40)42-31(2,3)4)18-21-13-15-23(35)16-14-21/h10-16,19,25,27,35-36H,6-9,17-18,20H2,1-5H3,(H,32,38)(H,33,40). The van der Waals surface area contributed by atoms with Gasteiger partial charge in [-0.1, -0.05) is 50.5 Å². The molecule has 0 bridgehead atoms. The monoisotopic (exact) mass is 585 g/mol. The van der Waals surface area contributed by atoms with Crippen molar-refractivity contribution in [2.24, 2.45) is 0 Å². The van der Waals surface area contributed by atoms with Crippen molar-refractivity contribution in [2.75, 3.05) is 20.2 Å². The van der Waals surface area contributed by atoms with Crippen LogP contribution in [0.2, 0.25) is 0 Å². The van der Waals surface area contributed by atoms with E-state index in [2.05, 4.69) is 22.3 Å². The second kappa shape index (κ2) is 16.2. The van der Waals surface area contributed by atoms with Gasteiger partial charge >= 0.3 is 12.1 Å². The number of nitrogens with one attached hydrogen (secondary N) is 2. The molecule has 0 radical (unpaired) electrons. The number of esters is 1. The van der Waals surface area contributed by atoms with Crippen molar-refractivity contribution in [1.29, 1.82) is 0 Å². The number of phenolic OH excluding ortho intramolecular Hbond substituents is 2. The maximum Gasteiger partial charge on any atom is 0.408 e. The summed E-state index contributed by atoms with van der Waals surface area (Å²) in [5.41, 5.74) is 0.146. The first-order valence-corrected chi connectivity index (χ1v) is 14.1. The summed E-state index contributed by atoms with van der Waals surface area (Å²) >= 11 is 0. The minimum Gasteiger partial charge on any atom is -0.508 e. The normalized spacial score (nSPS) is 12.5. The highest BCUT2D eigenvalue weighted by molar-refractivity contribution is 5.93. The largest absolute Gasteiger partial charge is 0.508 e. The van der Waals surface area contributed by atoms with Crippen LogP contribution in [0.15, 0.2) is 48.5 Å². The fraction of sp³-hybridized carbons (Fsp3) is 0.484. The zero-order valence-corrected chi connectivity index (χ0v) is 25.0. The second-order valence-electron chi connectivity index (χ2n) is 11.0. The number of phenols is 2. The van der Waals surface area contributed by atoms with Crippen LogP contribution in [0.3, 0.4) is 0 Å². The molecule has 0 aliphatic heterocycles. The Morgan fingerprint density at radius 3 is 2.24 bits per heavy atom. The smallest absolute Gasteiger partial charge is 0.408 e. The fourth-order valence-electron chi connectivity index (χ4n) is 4.29. The van der Waals surface area contributed by atoms with Crippen molar-refractivity contribution in [1.82, 2.24) is 15.5 Å². The van der Waals surface area contributed by atoms with Gasteiger partial charge < -0.3 is 35.2 Å². The van der Waals surface area contributed by atoms with Gasteiger partial charge in [0.15, 0.2) is 0 Å². The van der Waals surface area contributed by atoms with Gasteiger partial charge in [-0.2, -0.15) is 0 Å². The number of hydrogen-bond donors (Lipinski definition) is 4. The number of unbranched alkanes of at least 4 members (excludes halogenated alkanes) is 3. The summed E-state index contributed by atoms with van der Waals surface area (Å²) in [6.07, 6.45) is 2.46. The zero-order chi connectivity index (χ0) is 31.3. The van der Waals surface area contributed by atoms with Gasteiger partial charge in [0, 0.05) is 13.0 Å². The van der Waals surface area contributed by atoms with Crippen molar-refractivity contribution in [3.63, 3.8) is 0 Å². The first-order chi connectivity index (χ1) is 19.8. The highest BCUT2D eigenvalue weighted by Crippen LogP contribution is 2.27. The van der Waals surface area contributed by atoms with Gasteiger partial charge in [0.05, 0.1) is 7.11 Å². The van der Waals surface area contributed by atoms with Crippen LogP contribution in [0, 0.1) is 0 Å². The predicted molar refractivity (Wildman–Crippen MR) is 157 cm³/mol. The van der Waals surface area contributed by atoms with Gasteiger partial charge in [-0.15, -0.1) is 0 Å². The molecule has 2 atom stereocenters. The fourth-order valence-corrected chi connectivity index (χ4v) is 4.29. The molecular formula is C31H43N3O8. The Morgan fingerprint density at radius 1 is 0.952 bits per heavy atom. The van der Waals surface area contributed by atoms with Crippen molar-refractivity contribution in [3.05, 3.63) is 59.7 Å². The highest BCUT2D eigenvalue weighted by atomic mass is 16.6. The first-order valence-electron chi connectivity index (χ1n) is 14.1. The quantitative estimate of drug-likeness (QED) is 0.192. The van der Waals surface area contributed by atoms with E-state index in [1.807, 2.05) is 0 Å². The predicted octanol–water partition coefficient (Wildman–Crippen LogP) is 3.97. The summed E-state index contributed by atoms with van der Waals surface area (Å²) in [4.78, 5) is 54.0. The lowest BCUT2D eigenvalue weighted by Gasteiger charge is -2.34. The van der Waals surface area contributed by atoms with Crippen LogP contribution < -0.4 is 10.6 Å². The van der Waals surface area contributed by atoms with Crippen LogP contribution in [0.4, 0.5) is 4.79 Å². The zero-order valence-electron chi connectivity index (χ0n) is 25.0. The van der Waals surface area contributed by atoms with Gasteiger partial charge in [0.1, 0.15) is 35.7 Å². The molecule has 230 valence electrons. The number of aromatic hydroxyl groups is 2. The van der Waals surface area contributed by atoms with Gasteiger partial charge in [-0.05, 0) is 62.6 Å². The third-order valence-corrected chi connectivity index (χ3v) is 6.28. The molecule has 42 heavy (non-hydrogen) atoms. The third-order valence-electron chi connectivity index (χ3n) is 6.28. The SMILES string of the molecule is CCCCCCN(C(=O)C(Cc1ccc(O)cc1)NC(=O)OC(C)(C)C)C(C(=O)NCC(=O)OC)c1cccc(O)c1. The Balaban J connectivity index is 2.56. The molecule has 2 aromatic carbocycles. The van der Waals surface area contributed by atoms with E-state index >= 15 is 0 Å². The molecule has 0 heterocycles. The lowest BCUT2D eigenvalue weighted by atomic mass is 9.99. The summed E-state index contributed by atoms with van der Waals surface area (Å²) in [6.45, 7) is 6.90. The summed E-state index contributed by atoms with van der Waals surface area (Å²) in [7, 11) is 1.20. The number of carbonyl (C=O) groups excluding carboxylic acids is 4. The Bertz CT molecular complexity index is 1190. The van der Waals surface area contributed by atoms with E-state index in [1.54, 1.807) is 45.0 Å². The Kier molecular flexibility index (Phi) is 13.1. The van der Waals surface area contributed by atoms with Crippen LogP contribution in [-0.4, -0.2) is 70.8 Å². The van der Waals surface area contributed by atoms with Gasteiger partial charge in [0.2, 0.25) is 11.8 Å². The van der Waals surface area contributed by atoms with E-state index in [-0.39, 0.29) is 24.5 Å². The van der Waals surface area contributed by atoms with Crippen molar-refractivity contribution >= 4 is 23.9 Å². The molecule has 2 rings (SSSR count). The number of methoxy groups -OCH3 is 1. The topological polar surface area (TPSA) is 154 Å². The van der Waals surface area contributed by atoms with E-state index in [1.165, 1.54) is 36.3 Å². The Hall–Kier alpha value is -4.28. The molecular weight excluding hydrogens is 542 g/mol. The van der Waals surface area contributed by atoms with Crippen molar-refractivity contribution in [2.45, 2.75) is 77.5 Å². The number of amides is 3. The maximum absolute atomic E-state index is 14.4. The molecule has 3 amide bonds. The number of alkyl carbamates (subject to hydrolysis) is 1. The molecule has 11 heteroatoms. The van der Waals surface area contributed by atoms with Gasteiger partial charge in [-0.3, -0.25) is 14.4 Å². The van der Waals surface area contributed by atoms with Crippen molar-refractivity contribution in [3.8, 4) is 11.5 Å². The average Bonchev–Trinajstić information content (AvgIpc) is 2.92. The Labute approximate surface area is 247 Å². The number of benzene rings is 2.